The highest BCUT2D eigenvalue weighted by Gasteiger charge is 2.22. The Labute approximate surface area is 174 Å². The Kier molecular flexibility index (Phi) is 8.09. The van der Waals surface area contributed by atoms with E-state index in [0.29, 0.717) is 24.3 Å². The SMILES string of the molecule is C[C@@H](NC(=O)OC(C)(C)C)[C@@H](C)OCc1cc(Br)c(=O)n(C2CCOCC2)c1. The average molecular weight is 459 g/mol. The summed E-state index contributed by atoms with van der Waals surface area (Å²) in [6.45, 7) is 10.9. The van der Waals surface area contributed by atoms with Gasteiger partial charge >= 0.3 is 6.09 Å². The second kappa shape index (κ2) is 9.89. The maximum atomic E-state index is 12.5. The van der Waals surface area contributed by atoms with Crippen LogP contribution in [0.4, 0.5) is 4.79 Å². The lowest BCUT2D eigenvalue weighted by Crippen LogP contribution is -2.43. The van der Waals surface area contributed by atoms with Gasteiger partial charge in [0, 0.05) is 25.5 Å². The molecule has 8 heteroatoms. The van der Waals surface area contributed by atoms with E-state index in [4.69, 9.17) is 14.2 Å². The molecule has 1 saturated heterocycles. The van der Waals surface area contributed by atoms with Gasteiger partial charge in [-0.1, -0.05) is 0 Å². The van der Waals surface area contributed by atoms with Gasteiger partial charge in [-0.05, 0) is 75.0 Å². The molecule has 28 heavy (non-hydrogen) atoms. The molecule has 7 nitrogen and oxygen atoms in total. The Morgan fingerprint density at radius 3 is 2.61 bits per heavy atom. The number of amides is 1. The molecule has 0 radical (unpaired) electrons. The second-order valence-corrected chi connectivity index (χ2v) is 9.06. The molecular formula is C20H31BrN2O5. The van der Waals surface area contributed by atoms with E-state index in [-0.39, 0.29) is 23.7 Å². The fraction of sp³-hybridized carbons (Fsp3) is 0.700. The van der Waals surface area contributed by atoms with Crippen LogP contribution in [0.15, 0.2) is 21.5 Å². The first kappa shape index (κ1) is 22.9. The van der Waals surface area contributed by atoms with E-state index in [2.05, 4.69) is 21.2 Å². The zero-order valence-corrected chi connectivity index (χ0v) is 18.9. The normalized spacial score (nSPS) is 17.8. The zero-order chi connectivity index (χ0) is 20.9. The summed E-state index contributed by atoms with van der Waals surface area (Å²) in [7, 11) is 0. The van der Waals surface area contributed by atoms with Crippen molar-refractivity contribution >= 4 is 22.0 Å². The molecule has 0 aliphatic carbocycles. The fourth-order valence-corrected chi connectivity index (χ4v) is 3.42. The van der Waals surface area contributed by atoms with Crippen LogP contribution in [0.5, 0.6) is 0 Å². The summed E-state index contributed by atoms with van der Waals surface area (Å²) in [5.74, 6) is 0. The van der Waals surface area contributed by atoms with Crippen LogP contribution < -0.4 is 10.9 Å². The maximum Gasteiger partial charge on any atom is 0.407 e. The first-order valence-corrected chi connectivity index (χ1v) is 10.5. The number of hydrogen-bond acceptors (Lipinski definition) is 5. The van der Waals surface area contributed by atoms with Gasteiger partial charge in [0.05, 0.1) is 23.2 Å². The van der Waals surface area contributed by atoms with Crippen molar-refractivity contribution in [2.45, 2.75) is 77.9 Å². The average Bonchev–Trinajstić information content (AvgIpc) is 2.61. The number of aromatic nitrogens is 1. The van der Waals surface area contributed by atoms with Gasteiger partial charge < -0.3 is 24.1 Å². The molecule has 0 spiro atoms. The Morgan fingerprint density at radius 1 is 1.36 bits per heavy atom. The van der Waals surface area contributed by atoms with Gasteiger partial charge in [0.2, 0.25) is 0 Å². The number of carbonyl (C=O) groups is 1. The van der Waals surface area contributed by atoms with Crippen molar-refractivity contribution in [2.75, 3.05) is 13.2 Å². The monoisotopic (exact) mass is 458 g/mol. The molecule has 1 fully saturated rings. The minimum Gasteiger partial charge on any atom is -0.444 e. The van der Waals surface area contributed by atoms with Crippen LogP contribution in [0.25, 0.3) is 0 Å². The number of alkyl carbamates (subject to hydrolysis) is 1. The Balaban J connectivity index is 1.96. The third-order valence-corrected chi connectivity index (χ3v) is 5.17. The number of nitrogens with one attached hydrogen (secondary N) is 1. The fourth-order valence-electron chi connectivity index (χ4n) is 2.92. The predicted molar refractivity (Wildman–Crippen MR) is 111 cm³/mol. The van der Waals surface area contributed by atoms with E-state index in [1.165, 1.54) is 0 Å². The molecule has 1 aliphatic rings. The zero-order valence-electron chi connectivity index (χ0n) is 17.3. The van der Waals surface area contributed by atoms with Crippen molar-refractivity contribution in [3.8, 4) is 0 Å². The lowest BCUT2D eigenvalue weighted by molar-refractivity contribution is 0.0179. The lowest BCUT2D eigenvalue weighted by atomic mass is 10.1. The molecule has 1 amide bonds. The molecule has 0 unspecified atom stereocenters. The minimum atomic E-state index is -0.544. The van der Waals surface area contributed by atoms with Crippen molar-refractivity contribution in [1.82, 2.24) is 9.88 Å². The largest absolute Gasteiger partial charge is 0.444 e. The van der Waals surface area contributed by atoms with E-state index in [1.807, 2.05) is 40.8 Å². The number of rotatable bonds is 6. The predicted octanol–water partition coefficient (Wildman–Crippen LogP) is 3.78. The van der Waals surface area contributed by atoms with E-state index in [1.54, 1.807) is 10.6 Å². The number of ether oxygens (including phenoxy) is 3. The van der Waals surface area contributed by atoms with Gasteiger partial charge in [0.1, 0.15) is 5.60 Å². The first-order valence-electron chi connectivity index (χ1n) is 9.66. The van der Waals surface area contributed by atoms with Crippen LogP contribution in [-0.4, -0.2) is 41.6 Å². The molecule has 0 aromatic carbocycles. The van der Waals surface area contributed by atoms with Crippen molar-refractivity contribution in [2.24, 2.45) is 0 Å². The molecule has 158 valence electrons. The molecule has 1 aliphatic heterocycles. The molecule has 0 bridgehead atoms. The van der Waals surface area contributed by atoms with Crippen LogP contribution >= 0.6 is 15.9 Å². The van der Waals surface area contributed by atoms with Crippen LogP contribution in [0.3, 0.4) is 0 Å². The number of pyridine rings is 1. The van der Waals surface area contributed by atoms with E-state index in [9.17, 15) is 9.59 Å². The number of hydrogen-bond donors (Lipinski definition) is 1. The number of nitrogens with zero attached hydrogens (tertiary/aromatic N) is 1. The van der Waals surface area contributed by atoms with Gasteiger partial charge in [-0.3, -0.25) is 4.79 Å². The van der Waals surface area contributed by atoms with Crippen LogP contribution in [-0.2, 0) is 20.8 Å². The molecule has 1 aromatic rings. The highest BCUT2D eigenvalue weighted by Crippen LogP contribution is 2.21. The van der Waals surface area contributed by atoms with Crippen molar-refractivity contribution in [3.63, 3.8) is 0 Å². The highest BCUT2D eigenvalue weighted by molar-refractivity contribution is 9.10. The summed E-state index contributed by atoms with van der Waals surface area (Å²) < 4.78 is 18.9. The van der Waals surface area contributed by atoms with Gasteiger partial charge in [-0.2, -0.15) is 0 Å². The molecular weight excluding hydrogens is 428 g/mol. The Morgan fingerprint density at radius 2 is 2.00 bits per heavy atom. The van der Waals surface area contributed by atoms with Gasteiger partial charge in [-0.25, -0.2) is 4.79 Å². The molecule has 2 rings (SSSR count). The van der Waals surface area contributed by atoms with Crippen molar-refractivity contribution < 1.29 is 19.0 Å². The summed E-state index contributed by atoms with van der Waals surface area (Å²) in [5.41, 5.74) is 0.316. The van der Waals surface area contributed by atoms with Crippen LogP contribution in [0, 0.1) is 0 Å². The molecule has 0 saturated carbocycles. The Hall–Kier alpha value is -1.38. The maximum absolute atomic E-state index is 12.5. The van der Waals surface area contributed by atoms with Crippen molar-refractivity contribution in [3.05, 3.63) is 32.7 Å². The molecule has 1 aromatic heterocycles. The highest BCUT2D eigenvalue weighted by atomic mass is 79.9. The summed E-state index contributed by atoms with van der Waals surface area (Å²) in [5, 5.41) is 2.79. The van der Waals surface area contributed by atoms with Gasteiger partial charge in [0.25, 0.3) is 5.56 Å². The summed E-state index contributed by atoms with van der Waals surface area (Å²) in [4.78, 5) is 24.4. The third-order valence-electron chi connectivity index (χ3n) is 4.60. The first-order chi connectivity index (χ1) is 13.1. The third kappa shape index (κ3) is 6.90. The smallest absolute Gasteiger partial charge is 0.407 e. The van der Waals surface area contributed by atoms with Crippen LogP contribution in [0.2, 0.25) is 0 Å². The topological polar surface area (TPSA) is 78.8 Å². The molecule has 1 N–H and O–H groups in total. The van der Waals surface area contributed by atoms with Gasteiger partial charge in [0.15, 0.2) is 0 Å². The quantitative estimate of drug-likeness (QED) is 0.701. The molecule has 2 atom stereocenters. The van der Waals surface area contributed by atoms with E-state index < -0.39 is 11.7 Å². The standard InChI is InChI=1S/C20H31BrN2O5/c1-13(22-19(25)28-20(3,4)5)14(2)27-12-15-10-17(21)18(24)23(11-15)16-6-8-26-9-7-16/h10-11,13-14,16H,6-9,12H2,1-5H3,(H,22,25)/t13-,14-/m1/s1. The van der Waals surface area contributed by atoms with E-state index >= 15 is 0 Å². The summed E-state index contributed by atoms with van der Waals surface area (Å²) in [6.07, 6.45) is 2.82. The van der Waals surface area contributed by atoms with Gasteiger partial charge in [-0.15, -0.1) is 0 Å². The molecule has 2 heterocycles. The van der Waals surface area contributed by atoms with E-state index in [0.717, 1.165) is 18.4 Å². The Bertz CT molecular complexity index is 722. The summed E-state index contributed by atoms with van der Waals surface area (Å²) in [6, 6.07) is 1.71. The second-order valence-electron chi connectivity index (χ2n) is 8.20. The minimum absolute atomic E-state index is 0.0383. The lowest BCUT2D eigenvalue weighted by Gasteiger charge is -2.26. The number of carbonyl (C=O) groups excluding carboxylic acids is 1. The number of halogens is 1. The summed E-state index contributed by atoms with van der Waals surface area (Å²) >= 11 is 3.37. The van der Waals surface area contributed by atoms with Crippen molar-refractivity contribution in [1.29, 1.82) is 0 Å². The van der Waals surface area contributed by atoms with Crippen LogP contribution in [0.1, 0.15) is 59.1 Å².